The van der Waals surface area contributed by atoms with Crippen LogP contribution in [-0.2, 0) is 9.53 Å². The molecular formula is C21H23NO6S. The third-order valence-electron chi connectivity index (χ3n) is 4.74. The van der Waals surface area contributed by atoms with Crippen molar-refractivity contribution >= 4 is 23.8 Å². The van der Waals surface area contributed by atoms with Gasteiger partial charge in [0, 0.05) is 17.4 Å². The van der Waals surface area contributed by atoms with E-state index in [0.29, 0.717) is 0 Å². The van der Waals surface area contributed by atoms with Crippen LogP contribution in [0.2, 0.25) is 0 Å². The zero-order valence-corrected chi connectivity index (χ0v) is 16.5. The monoisotopic (exact) mass is 417 g/mol. The first-order valence-corrected chi connectivity index (χ1v) is 10.4. The van der Waals surface area contributed by atoms with E-state index in [1.165, 1.54) is 0 Å². The molecule has 0 radical (unpaired) electrons. The highest BCUT2D eigenvalue weighted by Gasteiger charge is 2.29. The number of aliphatic hydroxyl groups excluding tert-OH is 2. The van der Waals surface area contributed by atoms with Crippen LogP contribution in [0, 0.1) is 0 Å². The first kappa shape index (κ1) is 21.2. The number of fused-ring (bicyclic) bond motifs is 3. The molecule has 1 aliphatic carbocycles. The van der Waals surface area contributed by atoms with Gasteiger partial charge in [0.2, 0.25) is 0 Å². The van der Waals surface area contributed by atoms with Crippen molar-refractivity contribution in [2.24, 2.45) is 0 Å². The van der Waals surface area contributed by atoms with Gasteiger partial charge >= 0.3 is 12.1 Å². The van der Waals surface area contributed by atoms with Crippen molar-refractivity contribution in [1.82, 2.24) is 5.32 Å². The molecule has 0 saturated heterocycles. The number of amides is 1. The van der Waals surface area contributed by atoms with Crippen molar-refractivity contribution in [3.8, 4) is 11.1 Å². The van der Waals surface area contributed by atoms with Gasteiger partial charge in [-0.3, -0.25) is 0 Å². The fourth-order valence-electron chi connectivity index (χ4n) is 3.33. The van der Waals surface area contributed by atoms with E-state index < -0.39 is 30.8 Å². The van der Waals surface area contributed by atoms with Crippen molar-refractivity contribution < 1.29 is 29.6 Å². The van der Waals surface area contributed by atoms with Crippen LogP contribution in [0.25, 0.3) is 11.1 Å². The van der Waals surface area contributed by atoms with Crippen molar-refractivity contribution in [2.75, 3.05) is 24.7 Å². The Morgan fingerprint density at radius 3 is 2.17 bits per heavy atom. The Balaban J connectivity index is 1.59. The highest BCUT2D eigenvalue weighted by molar-refractivity contribution is 7.99. The van der Waals surface area contributed by atoms with Crippen LogP contribution in [-0.4, -0.2) is 64.2 Å². The van der Waals surface area contributed by atoms with Gasteiger partial charge in [-0.15, -0.1) is 0 Å². The molecule has 0 spiro atoms. The lowest BCUT2D eigenvalue weighted by Gasteiger charge is -2.17. The van der Waals surface area contributed by atoms with Crippen LogP contribution in [0.3, 0.4) is 0 Å². The van der Waals surface area contributed by atoms with Crippen LogP contribution in [0.1, 0.15) is 17.0 Å². The van der Waals surface area contributed by atoms with Gasteiger partial charge in [-0.2, -0.15) is 11.8 Å². The molecular weight excluding hydrogens is 394 g/mol. The fourth-order valence-corrected chi connectivity index (χ4v) is 4.31. The molecule has 0 bridgehead atoms. The molecule has 8 heteroatoms. The van der Waals surface area contributed by atoms with Crippen molar-refractivity contribution in [2.45, 2.75) is 18.1 Å². The van der Waals surface area contributed by atoms with E-state index in [0.717, 1.165) is 34.0 Å². The van der Waals surface area contributed by atoms with Crippen LogP contribution < -0.4 is 5.32 Å². The summed E-state index contributed by atoms with van der Waals surface area (Å²) in [5, 5.41) is 29.8. The second-order valence-electron chi connectivity index (χ2n) is 6.73. The quantitative estimate of drug-likeness (QED) is 0.494. The molecule has 29 heavy (non-hydrogen) atoms. The zero-order chi connectivity index (χ0) is 20.8. The normalized spacial score (nSPS) is 14.6. The van der Waals surface area contributed by atoms with Crippen LogP contribution in [0.5, 0.6) is 0 Å². The summed E-state index contributed by atoms with van der Waals surface area (Å²) < 4.78 is 5.36. The summed E-state index contributed by atoms with van der Waals surface area (Å²) in [6.45, 7) is -0.298. The van der Waals surface area contributed by atoms with E-state index in [1.54, 1.807) is 0 Å². The van der Waals surface area contributed by atoms with Crippen molar-refractivity contribution in [3.05, 3.63) is 59.7 Å². The van der Waals surface area contributed by atoms with Gasteiger partial charge in [0.25, 0.3) is 0 Å². The molecule has 0 aliphatic heterocycles. The molecule has 2 aromatic carbocycles. The number of carboxylic acids is 1. The molecule has 1 amide bonds. The summed E-state index contributed by atoms with van der Waals surface area (Å²) >= 11 is 1.13. The Morgan fingerprint density at radius 2 is 1.62 bits per heavy atom. The molecule has 0 fully saturated rings. The van der Waals surface area contributed by atoms with Crippen LogP contribution in [0.4, 0.5) is 4.79 Å². The molecule has 0 aromatic heterocycles. The Hall–Kier alpha value is -2.55. The summed E-state index contributed by atoms with van der Waals surface area (Å²) in [5.74, 6) is -1.07. The molecule has 154 valence electrons. The summed E-state index contributed by atoms with van der Waals surface area (Å²) in [6, 6.07) is 14.7. The summed E-state index contributed by atoms with van der Waals surface area (Å²) in [7, 11) is 0. The largest absolute Gasteiger partial charge is 0.480 e. The molecule has 0 heterocycles. The highest BCUT2D eigenvalue weighted by Crippen LogP contribution is 2.44. The number of carbonyl (C=O) groups excluding carboxylic acids is 1. The molecule has 3 rings (SSSR count). The Kier molecular flexibility index (Phi) is 7.13. The minimum absolute atomic E-state index is 0.0522. The maximum Gasteiger partial charge on any atom is 0.407 e. The van der Waals surface area contributed by atoms with E-state index in [-0.39, 0.29) is 24.0 Å². The second kappa shape index (κ2) is 9.78. The van der Waals surface area contributed by atoms with Gasteiger partial charge in [-0.05, 0) is 22.3 Å². The number of rotatable bonds is 9. The van der Waals surface area contributed by atoms with E-state index in [1.807, 2.05) is 48.5 Å². The first-order valence-electron chi connectivity index (χ1n) is 9.22. The number of alkyl carbamates (subject to hydrolysis) is 1. The minimum atomic E-state index is -1.19. The lowest BCUT2D eigenvalue weighted by molar-refractivity contribution is -0.138. The highest BCUT2D eigenvalue weighted by atomic mass is 32.2. The zero-order valence-electron chi connectivity index (χ0n) is 15.7. The third kappa shape index (κ3) is 5.09. The lowest BCUT2D eigenvalue weighted by atomic mass is 9.98. The van der Waals surface area contributed by atoms with E-state index in [4.69, 9.17) is 9.84 Å². The number of aliphatic hydroxyl groups is 2. The third-order valence-corrected chi connectivity index (χ3v) is 5.93. The maximum absolute atomic E-state index is 12.2. The first-order chi connectivity index (χ1) is 14.0. The number of carboxylic acid groups (broad SMARTS) is 1. The SMILES string of the molecule is O=C(N[C@@H](CSC[C@H](O)CO)C(=O)O)OCC1c2ccccc2-c2ccccc21. The Bertz CT molecular complexity index is 828. The number of aliphatic carboxylic acids is 1. The number of ether oxygens (including phenoxy) is 1. The second-order valence-corrected chi connectivity index (χ2v) is 7.81. The van der Waals surface area contributed by atoms with Gasteiger partial charge in [0.1, 0.15) is 12.6 Å². The number of hydrogen-bond acceptors (Lipinski definition) is 6. The summed E-state index contributed by atoms with van der Waals surface area (Å²) in [4.78, 5) is 23.6. The number of carbonyl (C=O) groups is 2. The van der Waals surface area contributed by atoms with Gasteiger partial charge in [0.15, 0.2) is 0 Å². The standard InChI is InChI=1S/C21H23NO6S/c23-9-13(24)11-29-12-19(20(25)26)22-21(27)28-10-18-16-7-3-1-5-14(16)15-6-2-4-8-17(15)18/h1-8,13,18-19,23-24H,9-12H2,(H,22,27)(H,25,26)/t13-,19+/m1/s1. The van der Waals surface area contributed by atoms with E-state index >= 15 is 0 Å². The number of nitrogens with one attached hydrogen (secondary N) is 1. The molecule has 0 unspecified atom stereocenters. The lowest BCUT2D eigenvalue weighted by Crippen LogP contribution is -2.43. The number of benzene rings is 2. The van der Waals surface area contributed by atoms with Gasteiger partial charge < -0.3 is 25.4 Å². The molecule has 7 nitrogen and oxygen atoms in total. The maximum atomic E-state index is 12.2. The predicted octanol–water partition coefficient (Wildman–Crippen LogP) is 2.06. The molecule has 2 aromatic rings. The Morgan fingerprint density at radius 1 is 1.03 bits per heavy atom. The van der Waals surface area contributed by atoms with Gasteiger partial charge in [0.05, 0.1) is 12.7 Å². The number of hydrogen-bond donors (Lipinski definition) is 4. The average molecular weight is 417 g/mol. The van der Waals surface area contributed by atoms with Gasteiger partial charge in [-0.1, -0.05) is 48.5 Å². The topological polar surface area (TPSA) is 116 Å². The smallest absolute Gasteiger partial charge is 0.407 e. The fraction of sp³-hybridized carbons (Fsp3) is 0.333. The molecule has 0 saturated carbocycles. The van der Waals surface area contributed by atoms with E-state index in [9.17, 15) is 19.8 Å². The van der Waals surface area contributed by atoms with Gasteiger partial charge in [-0.25, -0.2) is 9.59 Å². The Labute approximate surface area is 172 Å². The van der Waals surface area contributed by atoms with Crippen LogP contribution in [0.15, 0.2) is 48.5 Å². The minimum Gasteiger partial charge on any atom is -0.480 e. The predicted molar refractivity (Wildman–Crippen MR) is 110 cm³/mol. The summed E-state index contributed by atoms with van der Waals surface area (Å²) in [5.41, 5.74) is 4.37. The molecule has 1 aliphatic rings. The molecule has 4 N–H and O–H groups in total. The van der Waals surface area contributed by atoms with Crippen LogP contribution >= 0.6 is 11.8 Å². The average Bonchev–Trinajstić information content (AvgIpc) is 3.05. The van der Waals surface area contributed by atoms with Crippen molar-refractivity contribution in [1.29, 1.82) is 0 Å². The molecule has 2 atom stereocenters. The van der Waals surface area contributed by atoms with Crippen molar-refractivity contribution in [3.63, 3.8) is 0 Å². The van der Waals surface area contributed by atoms with E-state index in [2.05, 4.69) is 5.32 Å². The number of thioether (sulfide) groups is 1. The summed E-state index contributed by atoms with van der Waals surface area (Å²) in [6.07, 6.45) is -1.73.